The van der Waals surface area contributed by atoms with E-state index in [1.807, 2.05) is 30.3 Å². The molecule has 6 nitrogen and oxygen atoms in total. The maximum Gasteiger partial charge on any atom is 0.338 e. The average Bonchev–Trinajstić information content (AvgIpc) is 3.27. The lowest BCUT2D eigenvalue weighted by molar-refractivity contribution is 0.0419. The molecule has 0 radical (unpaired) electrons. The number of fused-ring (bicyclic) bond motifs is 1. The van der Waals surface area contributed by atoms with E-state index in [0.717, 1.165) is 17.8 Å². The van der Waals surface area contributed by atoms with Gasteiger partial charge >= 0.3 is 5.97 Å². The Balaban J connectivity index is 1.35. The van der Waals surface area contributed by atoms with Gasteiger partial charge in [0.05, 0.1) is 24.3 Å². The third kappa shape index (κ3) is 3.00. The van der Waals surface area contributed by atoms with Gasteiger partial charge in [-0.1, -0.05) is 18.2 Å². The maximum atomic E-state index is 12.0. The highest BCUT2D eigenvalue weighted by molar-refractivity contribution is 5.89. The summed E-state index contributed by atoms with van der Waals surface area (Å²) in [6.07, 6.45) is 2.37. The Hall–Kier alpha value is -2.73. The highest BCUT2D eigenvalue weighted by Gasteiger charge is 2.30. The minimum atomic E-state index is -0.299. The second-order valence-electron chi connectivity index (χ2n) is 5.88. The molecule has 0 amide bonds. The molecule has 6 heteroatoms. The Morgan fingerprint density at radius 2 is 2.12 bits per heavy atom. The van der Waals surface area contributed by atoms with Crippen LogP contribution in [0.2, 0.25) is 0 Å². The van der Waals surface area contributed by atoms with Gasteiger partial charge in [0.2, 0.25) is 0 Å². The number of benzene rings is 1. The zero-order valence-electron chi connectivity index (χ0n) is 13.0. The smallest absolute Gasteiger partial charge is 0.338 e. The van der Waals surface area contributed by atoms with E-state index in [-0.39, 0.29) is 18.0 Å². The number of aromatic nitrogens is 3. The van der Waals surface area contributed by atoms with E-state index in [1.165, 1.54) is 0 Å². The zero-order chi connectivity index (χ0) is 16.4. The first kappa shape index (κ1) is 14.8. The van der Waals surface area contributed by atoms with E-state index in [9.17, 15) is 4.79 Å². The Kier molecular flexibility index (Phi) is 3.96. The largest absolute Gasteiger partial charge is 0.462 e. The summed E-state index contributed by atoms with van der Waals surface area (Å²) >= 11 is 0. The van der Waals surface area contributed by atoms with Gasteiger partial charge in [-0.15, -0.1) is 0 Å². The first-order chi connectivity index (χ1) is 11.8. The van der Waals surface area contributed by atoms with Crippen LogP contribution in [0.15, 0.2) is 48.7 Å². The second kappa shape index (κ2) is 6.41. The normalized spacial score (nSPS) is 20.3. The molecule has 2 atom stereocenters. The molecule has 0 aliphatic carbocycles. The van der Waals surface area contributed by atoms with Crippen LogP contribution in [-0.4, -0.2) is 34.1 Å². The molecule has 1 aromatic carbocycles. The lowest BCUT2D eigenvalue weighted by atomic mass is 10.1. The lowest BCUT2D eigenvalue weighted by Gasteiger charge is -2.09. The van der Waals surface area contributed by atoms with Crippen molar-refractivity contribution in [3.05, 3.63) is 60.0 Å². The third-order valence-corrected chi connectivity index (χ3v) is 4.12. The van der Waals surface area contributed by atoms with Crippen LogP contribution < -0.4 is 0 Å². The Bertz CT molecular complexity index is 814. The summed E-state index contributed by atoms with van der Waals surface area (Å²) in [7, 11) is 0. The SMILES string of the molecule is O=C(OC[C@H]1CO[C@@H](c2nc3ncccc3[nH]2)C1)c1ccccc1. The molecule has 122 valence electrons. The molecule has 1 aliphatic heterocycles. The molecule has 0 unspecified atom stereocenters. The number of esters is 1. The van der Waals surface area contributed by atoms with Gasteiger partial charge in [-0.25, -0.2) is 14.8 Å². The minimum absolute atomic E-state index is 0.111. The monoisotopic (exact) mass is 323 g/mol. The lowest BCUT2D eigenvalue weighted by Crippen LogP contribution is -2.14. The summed E-state index contributed by atoms with van der Waals surface area (Å²) in [4.78, 5) is 23.9. The van der Waals surface area contributed by atoms with Crippen molar-refractivity contribution in [3.8, 4) is 0 Å². The van der Waals surface area contributed by atoms with Crippen molar-refractivity contribution in [2.45, 2.75) is 12.5 Å². The number of H-pyrrole nitrogens is 1. The van der Waals surface area contributed by atoms with Gasteiger partial charge in [0, 0.05) is 12.1 Å². The van der Waals surface area contributed by atoms with Crippen LogP contribution in [0.3, 0.4) is 0 Å². The Morgan fingerprint density at radius 3 is 2.96 bits per heavy atom. The van der Waals surface area contributed by atoms with Crippen molar-refractivity contribution in [2.24, 2.45) is 5.92 Å². The van der Waals surface area contributed by atoms with Gasteiger partial charge in [0.25, 0.3) is 0 Å². The molecule has 4 rings (SSSR count). The number of hydrogen-bond acceptors (Lipinski definition) is 5. The molecule has 3 heterocycles. The fourth-order valence-electron chi connectivity index (χ4n) is 2.87. The summed E-state index contributed by atoms with van der Waals surface area (Å²) in [5, 5.41) is 0. The first-order valence-electron chi connectivity index (χ1n) is 7.94. The molecule has 0 bridgehead atoms. The van der Waals surface area contributed by atoms with E-state index in [2.05, 4.69) is 15.0 Å². The summed E-state index contributed by atoms with van der Waals surface area (Å²) in [6.45, 7) is 0.903. The number of nitrogens with one attached hydrogen (secondary N) is 1. The molecule has 1 aliphatic rings. The van der Waals surface area contributed by atoms with E-state index >= 15 is 0 Å². The Morgan fingerprint density at radius 1 is 1.25 bits per heavy atom. The van der Waals surface area contributed by atoms with Gasteiger partial charge in [0.1, 0.15) is 11.9 Å². The van der Waals surface area contributed by atoms with Gasteiger partial charge in [-0.2, -0.15) is 0 Å². The zero-order valence-corrected chi connectivity index (χ0v) is 13.0. The van der Waals surface area contributed by atoms with Gasteiger partial charge in [-0.3, -0.25) is 0 Å². The van der Waals surface area contributed by atoms with Gasteiger partial charge in [-0.05, 0) is 30.7 Å². The fraction of sp³-hybridized carbons (Fsp3) is 0.278. The van der Waals surface area contributed by atoms with Crippen molar-refractivity contribution in [1.82, 2.24) is 15.0 Å². The minimum Gasteiger partial charge on any atom is -0.462 e. The molecule has 1 fully saturated rings. The van der Waals surface area contributed by atoms with Crippen LogP contribution >= 0.6 is 0 Å². The van der Waals surface area contributed by atoms with Crippen LogP contribution in [0.4, 0.5) is 0 Å². The molecule has 3 aromatic rings. The standard InChI is InChI=1S/C18H17N3O3/c22-18(13-5-2-1-3-6-13)24-11-12-9-15(23-10-12)17-20-14-7-4-8-19-16(14)21-17/h1-8,12,15H,9-11H2,(H,19,20,21)/t12-,15-/m1/s1. The van der Waals surface area contributed by atoms with Crippen molar-refractivity contribution in [3.63, 3.8) is 0 Å². The Labute approximate surface area is 138 Å². The quantitative estimate of drug-likeness (QED) is 0.747. The van der Waals surface area contributed by atoms with E-state index in [4.69, 9.17) is 9.47 Å². The highest BCUT2D eigenvalue weighted by atomic mass is 16.5. The molecule has 24 heavy (non-hydrogen) atoms. The highest BCUT2D eigenvalue weighted by Crippen LogP contribution is 2.31. The number of nitrogens with zero attached hydrogens (tertiary/aromatic N) is 2. The van der Waals surface area contributed by atoms with Crippen LogP contribution in [0.25, 0.3) is 11.2 Å². The number of carbonyl (C=O) groups is 1. The van der Waals surface area contributed by atoms with Gasteiger partial charge < -0.3 is 14.5 Å². The summed E-state index contributed by atoms with van der Waals surface area (Å²) in [6, 6.07) is 12.8. The number of imidazole rings is 1. The predicted octanol–water partition coefficient (Wildman–Crippen LogP) is 2.89. The molecule has 0 spiro atoms. The molecule has 1 saturated heterocycles. The van der Waals surface area contributed by atoms with Gasteiger partial charge in [0.15, 0.2) is 5.65 Å². The van der Waals surface area contributed by atoms with Crippen molar-refractivity contribution in [2.75, 3.05) is 13.2 Å². The molecule has 2 aromatic heterocycles. The molecular formula is C18H17N3O3. The maximum absolute atomic E-state index is 12.0. The first-order valence-corrected chi connectivity index (χ1v) is 7.94. The van der Waals surface area contributed by atoms with Crippen molar-refractivity contribution < 1.29 is 14.3 Å². The van der Waals surface area contributed by atoms with Crippen LogP contribution in [-0.2, 0) is 9.47 Å². The molecular weight excluding hydrogens is 306 g/mol. The van der Waals surface area contributed by atoms with Crippen LogP contribution in [0.5, 0.6) is 0 Å². The van der Waals surface area contributed by atoms with Crippen LogP contribution in [0, 0.1) is 5.92 Å². The number of ether oxygens (including phenoxy) is 2. The number of hydrogen-bond donors (Lipinski definition) is 1. The van der Waals surface area contributed by atoms with Crippen molar-refractivity contribution >= 4 is 17.1 Å². The van der Waals surface area contributed by atoms with Crippen molar-refractivity contribution in [1.29, 1.82) is 0 Å². The fourth-order valence-corrected chi connectivity index (χ4v) is 2.87. The topological polar surface area (TPSA) is 77.1 Å². The second-order valence-corrected chi connectivity index (χ2v) is 5.88. The van der Waals surface area contributed by atoms with E-state index in [0.29, 0.717) is 24.4 Å². The summed E-state index contributed by atoms with van der Waals surface area (Å²) in [5.74, 6) is 0.649. The number of rotatable bonds is 4. The number of carbonyl (C=O) groups excluding carboxylic acids is 1. The average molecular weight is 323 g/mol. The predicted molar refractivity (Wildman–Crippen MR) is 87.4 cm³/mol. The number of aromatic amines is 1. The van der Waals surface area contributed by atoms with E-state index in [1.54, 1.807) is 18.3 Å². The summed E-state index contributed by atoms with van der Waals surface area (Å²) < 4.78 is 11.2. The number of pyridine rings is 1. The summed E-state index contributed by atoms with van der Waals surface area (Å²) in [5.41, 5.74) is 2.15. The van der Waals surface area contributed by atoms with E-state index < -0.39 is 0 Å². The third-order valence-electron chi connectivity index (χ3n) is 4.12. The van der Waals surface area contributed by atoms with Crippen LogP contribution in [0.1, 0.15) is 28.7 Å². The molecule has 1 N–H and O–H groups in total. The molecule has 0 saturated carbocycles.